The number of rotatable bonds is 5. The average molecular weight is 399 g/mol. The third kappa shape index (κ3) is 3.34. The number of anilines is 2. The summed E-state index contributed by atoms with van der Waals surface area (Å²) in [6.07, 6.45) is 8.62. The van der Waals surface area contributed by atoms with Crippen molar-refractivity contribution in [3.8, 4) is 11.1 Å². The first kappa shape index (κ1) is 17.8. The van der Waals surface area contributed by atoms with E-state index < -0.39 is 17.7 Å². The molecule has 29 heavy (non-hydrogen) atoms. The van der Waals surface area contributed by atoms with Crippen molar-refractivity contribution in [1.29, 1.82) is 0 Å². The number of hydrogen-bond acceptors (Lipinski definition) is 5. The lowest BCUT2D eigenvalue weighted by molar-refractivity contribution is -0.140. The number of aromatic nitrogens is 5. The van der Waals surface area contributed by atoms with Gasteiger partial charge in [-0.1, -0.05) is 0 Å². The van der Waals surface area contributed by atoms with Crippen molar-refractivity contribution in [3.63, 3.8) is 0 Å². The molecule has 0 radical (unpaired) electrons. The van der Waals surface area contributed by atoms with Crippen molar-refractivity contribution in [2.75, 3.05) is 18.4 Å². The van der Waals surface area contributed by atoms with Gasteiger partial charge in [0.05, 0.1) is 24.1 Å². The molecule has 1 atom stereocenters. The first-order chi connectivity index (χ1) is 13.9. The summed E-state index contributed by atoms with van der Waals surface area (Å²) in [4.78, 5) is 17.8. The topological polar surface area (TPSA) is 80.9 Å². The Hall–Kier alpha value is -3.30. The van der Waals surface area contributed by atoms with E-state index in [2.05, 4.69) is 20.5 Å². The van der Waals surface area contributed by atoms with Gasteiger partial charge in [0.15, 0.2) is 0 Å². The molecule has 3 aromatic rings. The molecule has 0 bridgehead atoms. The van der Waals surface area contributed by atoms with E-state index in [9.17, 15) is 13.6 Å². The molecule has 0 spiro atoms. The van der Waals surface area contributed by atoms with Gasteiger partial charge in [0.1, 0.15) is 11.7 Å². The lowest BCUT2D eigenvalue weighted by Crippen LogP contribution is -2.51. The van der Waals surface area contributed by atoms with Crippen LogP contribution in [0, 0.1) is 5.92 Å². The van der Waals surface area contributed by atoms with Crippen LogP contribution in [0.5, 0.6) is 0 Å². The van der Waals surface area contributed by atoms with E-state index in [1.807, 2.05) is 31.6 Å². The van der Waals surface area contributed by atoms with Crippen molar-refractivity contribution in [3.05, 3.63) is 43.1 Å². The van der Waals surface area contributed by atoms with Crippen molar-refractivity contribution >= 4 is 17.4 Å². The lowest BCUT2D eigenvalue weighted by Gasteiger charge is -2.39. The van der Waals surface area contributed by atoms with Gasteiger partial charge >= 0.3 is 0 Å². The highest BCUT2D eigenvalue weighted by Gasteiger charge is 2.63. The molecular formula is C19H19F2N7O. The molecule has 1 N–H and O–H groups in total. The van der Waals surface area contributed by atoms with Gasteiger partial charge in [-0.3, -0.25) is 14.2 Å². The van der Waals surface area contributed by atoms with E-state index in [0.717, 1.165) is 16.8 Å². The Labute approximate surface area is 165 Å². The third-order valence-corrected chi connectivity index (χ3v) is 5.34. The number of carbonyl (C=O) groups excluding carboxylic acids is 1. The molecule has 1 aliphatic heterocycles. The maximum Gasteiger partial charge on any atom is 0.260 e. The van der Waals surface area contributed by atoms with Crippen LogP contribution in [0.3, 0.4) is 0 Å². The van der Waals surface area contributed by atoms with E-state index in [0.29, 0.717) is 18.9 Å². The molecule has 3 aromatic heterocycles. The molecule has 4 heterocycles. The van der Waals surface area contributed by atoms with Crippen LogP contribution < -0.4 is 5.32 Å². The first-order valence-corrected chi connectivity index (χ1v) is 9.32. The predicted octanol–water partition coefficient (Wildman–Crippen LogP) is 2.46. The highest BCUT2D eigenvalue weighted by atomic mass is 19.3. The fraction of sp³-hybridized carbons (Fsp3) is 0.368. The molecule has 2 fully saturated rings. The van der Waals surface area contributed by atoms with Crippen LogP contribution in [0.15, 0.2) is 43.1 Å². The number of halogens is 2. The Balaban J connectivity index is 1.24. The number of carbonyl (C=O) groups is 1. The van der Waals surface area contributed by atoms with Gasteiger partial charge in [0.25, 0.3) is 5.92 Å². The van der Waals surface area contributed by atoms with E-state index >= 15 is 0 Å². The van der Waals surface area contributed by atoms with Gasteiger partial charge in [-0.2, -0.15) is 10.2 Å². The van der Waals surface area contributed by atoms with Gasteiger partial charge in [-0.05, 0) is 17.7 Å². The van der Waals surface area contributed by atoms with Crippen LogP contribution in [-0.2, 0) is 11.8 Å². The van der Waals surface area contributed by atoms with Crippen LogP contribution in [0.4, 0.5) is 20.3 Å². The SMILES string of the molecule is Cn1cc(Nc2cc(-c3cnn(C4CN(C(=O)C5CC5(F)F)C4)c3)ccn2)cn1. The van der Waals surface area contributed by atoms with E-state index in [1.165, 1.54) is 4.90 Å². The molecule has 0 aromatic carbocycles. The number of nitrogens with one attached hydrogen (secondary N) is 1. The molecule has 1 aliphatic carbocycles. The normalized spacial score (nSPS) is 20.4. The summed E-state index contributed by atoms with van der Waals surface area (Å²) in [5.74, 6) is -3.70. The third-order valence-electron chi connectivity index (χ3n) is 5.34. The second-order valence-corrected chi connectivity index (χ2v) is 7.58. The maximum absolute atomic E-state index is 13.1. The van der Waals surface area contributed by atoms with Gasteiger partial charge < -0.3 is 10.2 Å². The average Bonchev–Trinajstić information content (AvgIpc) is 3.01. The Morgan fingerprint density at radius 1 is 1.21 bits per heavy atom. The molecule has 1 amide bonds. The Kier molecular flexibility index (Phi) is 3.90. The number of amides is 1. The zero-order chi connectivity index (χ0) is 20.2. The predicted molar refractivity (Wildman–Crippen MR) is 101 cm³/mol. The molecule has 10 heteroatoms. The van der Waals surface area contributed by atoms with E-state index in [4.69, 9.17) is 0 Å². The summed E-state index contributed by atoms with van der Waals surface area (Å²) >= 11 is 0. The Morgan fingerprint density at radius 2 is 2.00 bits per heavy atom. The van der Waals surface area contributed by atoms with Crippen LogP contribution >= 0.6 is 0 Å². The van der Waals surface area contributed by atoms with Crippen LogP contribution in [0.1, 0.15) is 12.5 Å². The minimum Gasteiger partial charge on any atom is -0.338 e. The van der Waals surface area contributed by atoms with Crippen LogP contribution in [0.25, 0.3) is 11.1 Å². The molecule has 8 nitrogen and oxygen atoms in total. The second-order valence-electron chi connectivity index (χ2n) is 7.58. The Morgan fingerprint density at radius 3 is 2.69 bits per heavy atom. The fourth-order valence-corrected chi connectivity index (χ4v) is 3.50. The molecule has 1 saturated carbocycles. The van der Waals surface area contributed by atoms with E-state index in [1.54, 1.807) is 28.0 Å². The lowest BCUT2D eigenvalue weighted by atomic mass is 10.1. The second kappa shape index (κ2) is 6.36. The van der Waals surface area contributed by atoms with Gasteiger partial charge in [0.2, 0.25) is 5.91 Å². The quantitative estimate of drug-likeness (QED) is 0.713. The molecule has 150 valence electrons. The Bertz CT molecular complexity index is 1070. The molecule has 1 unspecified atom stereocenters. The molecule has 5 rings (SSSR count). The van der Waals surface area contributed by atoms with Gasteiger partial charge in [-0.25, -0.2) is 13.8 Å². The molecular weight excluding hydrogens is 380 g/mol. The standard InChI is InChI=1S/C19H19F2N7O/c1-26-9-14(7-23-26)25-17-4-12(2-3-22-17)13-6-24-28(8-13)15-10-27(11-15)18(29)16-5-19(16,20)21/h2-4,6-9,15-16H,5,10-11H2,1H3,(H,22,25). The highest BCUT2D eigenvalue weighted by molar-refractivity contribution is 5.83. The minimum atomic E-state index is -2.82. The number of pyridine rings is 1. The number of nitrogens with zero attached hydrogens (tertiary/aromatic N) is 6. The largest absolute Gasteiger partial charge is 0.338 e. The summed E-state index contributed by atoms with van der Waals surface area (Å²) in [5, 5.41) is 11.7. The summed E-state index contributed by atoms with van der Waals surface area (Å²) in [5.41, 5.74) is 2.70. The molecule has 2 aliphatic rings. The minimum absolute atomic E-state index is 0.00917. The summed E-state index contributed by atoms with van der Waals surface area (Å²) < 4.78 is 29.6. The maximum atomic E-state index is 13.1. The number of hydrogen-bond donors (Lipinski definition) is 1. The highest BCUT2D eigenvalue weighted by Crippen LogP contribution is 2.50. The van der Waals surface area contributed by atoms with Crippen molar-refractivity contribution in [2.45, 2.75) is 18.4 Å². The zero-order valence-electron chi connectivity index (χ0n) is 15.7. The monoisotopic (exact) mass is 399 g/mol. The fourth-order valence-electron chi connectivity index (χ4n) is 3.50. The molecule has 1 saturated heterocycles. The van der Waals surface area contributed by atoms with Crippen molar-refractivity contribution < 1.29 is 13.6 Å². The zero-order valence-corrected chi connectivity index (χ0v) is 15.7. The van der Waals surface area contributed by atoms with Crippen molar-refractivity contribution in [2.24, 2.45) is 13.0 Å². The van der Waals surface area contributed by atoms with Gasteiger partial charge in [0, 0.05) is 50.7 Å². The van der Waals surface area contributed by atoms with E-state index in [-0.39, 0.29) is 12.5 Å². The summed E-state index contributed by atoms with van der Waals surface area (Å²) in [6.45, 7) is 0.827. The smallest absolute Gasteiger partial charge is 0.260 e. The number of likely N-dealkylation sites (tertiary alicyclic amines) is 1. The first-order valence-electron chi connectivity index (χ1n) is 9.32. The van der Waals surface area contributed by atoms with Crippen molar-refractivity contribution in [1.82, 2.24) is 29.4 Å². The van der Waals surface area contributed by atoms with Crippen LogP contribution in [-0.4, -0.2) is 54.4 Å². The number of aryl methyl sites for hydroxylation is 1. The van der Waals surface area contributed by atoms with Crippen LogP contribution in [0.2, 0.25) is 0 Å². The number of alkyl halides is 2. The van der Waals surface area contributed by atoms with Gasteiger partial charge in [-0.15, -0.1) is 0 Å². The summed E-state index contributed by atoms with van der Waals surface area (Å²) in [7, 11) is 1.84. The summed E-state index contributed by atoms with van der Waals surface area (Å²) in [6, 6.07) is 3.82.